The first-order valence-corrected chi connectivity index (χ1v) is 13.0. The van der Waals surface area contributed by atoms with Crippen molar-refractivity contribution in [2.75, 3.05) is 13.2 Å². The highest BCUT2D eigenvalue weighted by Crippen LogP contribution is 2.20. The molecule has 0 saturated heterocycles. The minimum absolute atomic E-state index is 0.0682. The van der Waals surface area contributed by atoms with Gasteiger partial charge in [0, 0.05) is 24.4 Å². The van der Waals surface area contributed by atoms with Crippen LogP contribution in [0, 0.1) is 0 Å². The van der Waals surface area contributed by atoms with Gasteiger partial charge in [-0.15, -0.1) is 10.2 Å². The van der Waals surface area contributed by atoms with E-state index < -0.39 is 0 Å². The Balaban J connectivity index is 1.32. The zero-order valence-electron chi connectivity index (χ0n) is 21.1. The van der Waals surface area contributed by atoms with Crippen molar-refractivity contribution < 1.29 is 9.53 Å². The molecule has 9 heteroatoms. The molecule has 0 atom stereocenters. The maximum atomic E-state index is 13.4. The van der Waals surface area contributed by atoms with Crippen LogP contribution in [0.4, 0.5) is 0 Å². The monoisotopic (exact) mass is 529 g/mol. The van der Waals surface area contributed by atoms with E-state index in [4.69, 9.17) is 16.3 Å². The van der Waals surface area contributed by atoms with Crippen LogP contribution >= 0.6 is 11.6 Å². The van der Waals surface area contributed by atoms with Crippen molar-refractivity contribution in [2.24, 2.45) is 0 Å². The van der Waals surface area contributed by atoms with E-state index in [-0.39, 0.29) is 24.4 Å². The number of amides is 1. The number of carbonyl (C=O) groups excluding carboxylic acids is 1. The number of hydrogen-bond donors (Lipinski definition) is 1. The minimum atomic E-state index is -0.168. The Morgan fingerprint density at radius 3 is 2.53 bits per heavy atom. The molecule has 2 aromatic heterocycles. The summed E-state index contributed by atoms with van der Waals surface area (Å²) in [5.74, 6) is 1.80. The van der Waals surface area contributed by atoms with Crippen LogP contribution in [0.5, 0.6) is 5.75 Å². The molecule has 0 aliphatic heterocycles. The van der Waals surface area contributed by atoms with Gasteiger partial charge < -0.3 is 10.1 Å². The predicted octanol–water partition coefficient (Wildman–Crippen LogP) is 4.44. The number of hydrogen-bond acceptors (Lipinski definition) is 5. The lowest BCUT2D eigenvalue weighted by atomic mass is 10.1. The van der Waals surface area contributed by atoms with Crippen LogP contribution in [0.2, 0.25) is 5.02 Å². The molecule has 0 unspecified atom stereocenters. The highest BCUT2D eigenvalue weighted by atomic mass is 35.5. The third-order valence-electron chi connectivity index (χ3n) is 6.41. The highest BCUT2D eigenvalue weighted by Gasteiger charge is 2.18. The van der Waals surface area contributed by atoms with Gasteiger partial charge in [0.15, 0.2) is 0 Å². The van der Waals surface area contributed by atoms with Gasteiger partial charge in [0.1, 0.15) is 11.6 Å². The molecule has 194 valence electrons. The average molecular weight is 530 g/mol. The lowest BCUT2D eigenvalue weighted by Crippen LogP contribution is -2.26. The Morgan fingerprint density at radius 2 is 1.74 bits per heavy atom. The van der Waals surface area contributed by atoms with Gasteiger partial charge in [-0.25, -0.2) is 0 Å². The average Bonchev–Trinajstić information content (AvgIpc) is 3.36. The lowest BCUT2D eigenvalue weighted by Gasteiger charge is -2.12. The van der Waals surface area contributed by atoms with E-state index >= 15 is 0 Å². The highest BCUT2D eigenvalue weighted by molar-refractivity contribution is 6.31. The van der Waals surface area contributed by atoms with Gasteiger partial charge in [-0.2, -0.15) is 0 Å². The number of aromatic nitrogens is 4. The van der Waals surface area contributed by atoms with Gasteiger partial charge in [-0.05, 0) is 54.8 Å². The van der Waals surface area contributed by atoms with Crippen molar-refractivity contribution in [1.29, 1.82) is 0 Å². The molecule has 0 saturated carbocycles. The Morgan fingerprint density at radius 1 is 0.974 bits per heavy atom. The maximum absolute atomic E-state index is 13.4. The predicted molar refractivity (Wildman–Crippen MR) is 148 cm³/mol. The standard InChI is InChI=1S/C29H28ClN5O3/c1-2-38-22-13-11-20(12-14-22)17-18-31-27(36)16-15-26-32-33-29-34(19-21-7-3-5-9-24(21)30)28(37)23-8-4-6-10-25(23)35(26)29/h3-14H,2,15-19H2,1H3,(H,31,36). The molecule has 1 amide bonds. The van der Waals surface area contributed by atoms with Crippen molar-refractivity contribution in [1.82, 2.24) is 24.5 Å². The number of ether oxygens (including phenoxy) is 1. The molecule has 0 radical (unpaired) electrons. The third kappa shape index (κ3) is 5.40. The Kier molecular flexibility index (Phi) is 7.70. The number of benzene rings is 3. The fourth-order valence-electron chi connectivity index (χ4n) is 4.49. The SMILES string of the molecule is CCOc1ccc(CCNC(=O)CCc2nnc3n(Cc4ccccc4Cl)c(=O)c4ccccc4n23)cc1. The van der Waals surface area contributed by atoms with Crippen LogP contribution in [0.15, 0.2) is 77.6 Å². The fraction of sp³-hybridized carbons (Fsp3) is 0.241. The molecular weight excluding hydrogens is 502 g/mol. The molecule has 0 bridgehead atoms. The second-order valence-electron chi connectivity index (χ2n) is 8.93. The minimum Gasteiger partial charge on any atom is -0.494 e. The Labute approximate surface area is 224 Å². The number of nitrogens with zero attached hydrogens (tertiary/aromatic N) is 4. The number of nitrogens with one attached hydrogen (secondary N) is 1. The van der Waals surface area contributed by atoms with E-state index in [9.17, 15) is 9.59 Å². The zero-order valence-corrected chi connectivity index (χ0v) is 21.8. The van der Waals surface area contributed by atoms with Gasteiger partial charge in [-0.3, -0.25) is 18.6 Å². The van der Waals surface area contributed by atoms with Crippen molar-refractivity contribution >= 4 is 34.2 Å². The van der Waals surface area contributed by atoms with E-state index in [1.165, 1.54) is 0 Å². The van der Waals surface area contributed by atoms with Crippen molar-refractivity contribution in [3.05, 3.63) is 105 Å². The van der Waals surface area contributed by atoms with Crippen LogP contribution in [-0.2, 0) is 24.2 Å². The summed E-state index contributed by atoms with van der Waals surface area (Å²) in [7, 11) is 0. The summed E-state index contributed by atoms with van der Waals surface area (Å²) in [4.78, 5) is 26.0. The summed E-state index contributed by atoms with van der Waals surface area (Å²) in [6, 6.07) is 22.7. The summed E-state index contributed by atoms with van der Waals surface area (Å²) >= 11 is 6.38. The van der Waals surface area contributed by atoms with E-state index in [0.717, 1.165) is 23.3 Å². The van der Waals surface area contributed by atoms with Crippen molar-refractivity contribution in [3.63, 3.8) is 0 Å². The van der Waals surface area contributed by atoms with Gasteiger partial charge in [0.2, 0.25) is 11.7 Å². The van der Waals surface area contributed by atoms with Gasteiger partial charge >= 0.3 is 0 Å². The summed E-state index contributed by atoms with van der Waals surface area (Å²) < 4.78 is 8.91. The molecule has 0 spiro atoms. The quantitative estimate of drug-likeness (QED) is 0.289. The lowest BCUT2D eigenvalue weighted by molar-refractivity contribution is -0.121. The van der Waals surface area contributed by atoms with Crippen LogP contribution in [0.3, 0.4) is 0 Å². The van der Waals surface area contributed by atoms with Gasteiger partial charge in [0.05, 0.1) is 24.1 Å². The van der Waals surface area contributed by atoms with Gasteiger partial charge in [-0.1, -0.05) is 54.1 Å². The zero-order chi connectivity index (χ0) is 26.5. The van der Waals surface area contributed by atoms with E-state index in [1.807, 2.05) is 72.0 Å². The van der Waals surface area contributed by atoms with Gasteiger partial charge in [0.25, 0.3) is 5.56 Å². The molecule has 2 heterocycles. The number of fused-ring (bicyclic) bond motifs is 3. The van der Waals surface area contributed by atoms with Crippen molar-refractivity contribution in [2.45, 2.75) is 32.7 Å². The molecule has 0 fully saturated rings. The second-order valence-corrected chi connectivity index (χ2v) is 9.34. The number of aryl methyl sites for hydroxylation is 1. The topological polar surface area (TPSA) is 90.5 Å². The van der Waals surface area contributed by atoms with E-state index in [1.54, 1.807) is 16.7 Å². The van der Waals surface area contributed by atoms with Crippen LogP contribution < -0.4 is 15.6 Å². The first-order valence-electron chi connectivity index (χ1n) is 12.6. The summed E-state index contributed by atoms with van der Waals surface area (Å²) in [5.41, 5.74) is 2.47. The molecule has 3 aromatic carbocycles. The molecule has 5 rings (SSSR count). The van der Waals surface area contributed by atoms with E-state index in [0.29, 0.717) is 47.1 Å². The van der Waals surface area contributed by atoms with Crippen LogP contribution in [0.1, 0.15) is 30.3 Å². The first kappa shape index (κ1) is 25.5. The number of halogens is 1. The van der Waals surface area contributed by atoms with E-state index in [2.05, 4.69) is 15.5 Å². The first-order chi connectivity index (χ1) is 18.5. The summed E-state index contributed by atoms with van der Waals surface area (Å²) in [5, 5.41) is 12.8. The molecule has 0 aliphatic rings. The molecule has 0 aliphatic carbocycles. The van der Waals surface area contributed by atoms with Crippen LogP contribution in [-0.4, -0.2) is 38.2 Å². The second kappa shape index (κ2) is 11.5. The summed E-state index contributed by atoms with van der Waals surface area (Å²) in [6.07, 6.45) is 1.36. The van der Waals surface area contributed by atoms with Crippen molar-refractivity contribution in [3.8, 4) is 5.75 Å². The molecule has 5 aromatic rings. The molecular formula is C29H28ClN5O3. The Bertz CT molecular complexity index is 1640. The fourth-order valence-corrected chi connectivity index (χ4v) is 4.69. The normalized spacial score (nSPS) is 11.2. The molecule has 38 heavy (non-hydrogen) atoms. The Hall–Kier alpha value is -4.17. The number of rotatable bonds is 10. The largest absolute Gasteiger partial charge is 0.494 e. The molecule has 1 N–H and O–H groups in total. The number of para-hydroxylation sites is 1. The van der Waals surface area contributed by atoms with Crippen LogP contribution in [0.25, 0.3) is 16.7 Å². The number of carbonyl (C=O) groups is 1. The third-order valence-corrected chi connectivity index (χ3v) is 6.78. The maximum Gasteiger partial charge on any atom is 0.263 e. The smallest absolute Gasteiger partial charge is 0.263 e. The molecule has 8 nitrogen and oxygen atoms in total. The summed E-state index contributed by atoms with van der Waals surface area (Å²) in [6.45, 7) is 3.38.